The minimum atomic E-state index is 0.0405. The van der Waals surface area contributed by atoms with Gasteiger partial charge in [-0.1, -0.05) is 18.2 Å². The first-order valence-electron chi connectivity index (χ1n) is 6.29. The summed E-state index contributed by atoms with van der Waals surface area (Å²) in [5.41, 5.74) is 4.20. The van der Waals surface area contributed by atoms with Crippen molar-refractivity contribution < 1.29 is 5.11 Å². The molecule has 3 heteroatoms. The summed E-state index contributed by atoms with van der Waals surface area (Å²) in [6.07, 6.45) is 0. The van der Waals surface area contributed by atoms with Crippen LogP contribution in [-0.2, 0) is 0 Å². The van der Waals surface area contributed by atoms with Gasteiger partial charge in [-0.2, -0.15) is 0 Å². The van der Waals surface area contributed by atoms with E-state index in [9.17, 15) is 5.11 Å². The van der Waals surface area contributed by atoms with Gasteiger partial charge >= 0.3 is 0 Å². The average molecular weight is 320 g/mol. The smallest absolute Gasteiger partial charge is 0.121 e. The lowest BCUT2D eigenvalue weighted by atomic mass is 10.0. The first-order chi connectivity index (χ1) is 8.97. The first-order valence-corrected chi connectivity index (χ1v) is 7.09. The predicted molar refractivity (Wildman–Crippen MR) is 83.8 cm³/mol. The summed E-state index contributed by atoms with van der Waals surface area (Å²) >= 11 is 3.54. The molecule has 2 aromatic carbocycles. The number of benzene rings is 2. The summed E-state index contributed by atoms with van der Waals surface area (Å²) in [6, 6.07) is 12.0. The van der Waals surface area contributed by atoms with Crippen LogP contribution in [0.5, 0.6) is 5.75 Å². The predicted octanol–water partition coefficient (Wildman–Crippen LogP) is 4.94. The van der Waals surface area contributed by atoms with Gasteiger partial charge in [0.15, 0.2) is 0 Å². The van der Waals surface area contributed by atoms with Crippen LogP contribution in [-0.4, -0.2) is 5.11 Å². The van der Waals surface area contributed by atoms with Crippen LogP contribution in [0.3, 0.4) is 0 Å². The molecule has 2 nitrogen and oxygen atoms in total. The highest BCUT2D eigenvalue weighted by Crippen LogP contribution is 2.31. The second kappa shape index (κ2) is 5.66. The van der Waals surface area contributed by atoms with Gasteiger partial charge in [0.25, 0.3) is 0 Å². The topological polar surface area (TPSA) is 32.3 Å². The van der Waals surface area contributed by atoms with E-state index in [1.54, 1.807) is 6.07 Å². The molecule has 19 heavy (non-hydrogen) atoms. The lowest BCUT2D eigenvalue weighted by molar-refractivity contribution is 0.465. The molecule has 0 amide bonds. The van der Waals surface area contributed by atoms with Crippen LogP contribution in [0.25, 0.3) is 0 Å². The number of halogens is 1. The number of nitrogens with one attached hydrogen (secondary N) is 1. The maximum Gasteiger partial charge on any atom is 0.121 e. The van der Waals surface area contributed by atoms with Crippen molar-refractivity contribution in [2.75, 3.05) is 5.32 Å². The Morgan fingerprint density at radius 1 is 1.05 bits per heavy atom. The van der Waals surface area contributed by atoms with E-state index in [1.807, 2.05) is 32.0 Å². The van der Waals surface area contributed by atoms with Crippen molar-refractivity contribution in [3.8, 4) is 5.75 Å². The van der Waals surface area contributed by atoms with E-state index in [4.69, 9.17) is 0 Å². The first kappa shape index (κ1) is 13.9. The SMILES string of the molecule is Cc1ccc(C(C)Nc2cc(C)ccc2Br)c(O)c1. The molecule has 0 aromatic heterocycles. The van der Waals surface area contributed by atoms with E-state index in [1.165, 1.54) is 5.56 Å². The van der Waals surface area contributed by atoms with Gasteiger partial charge in [-0.25, -0.2) is 0 Å². The van der Waals surface area contributed by atoms with E-state index in [0.29, 0.717) is 5.75 Å². The van der Waals surface area contributed by atoms with Crippen molar-refractivity contribution in [1.82, 2.24) is 0 Å². The number of phenols is 1. The zero-order valence-electron chi connectivity index (χ0n) is 11.4. The minimum absolute atomic E-state index is 0.0405. The largest absolute Gasteiger partial charge is 0.508 e. The quantitative estimate of drug-likeness (QED) is 0.839. The fraction of sp³-hybridized carbons (Fsp3) is 0.250. The normalized spacial score (nSPS) is 12.2. The molecule has 0 bridgehead atoms. The van der Waals surface area contributed by atoms with Gasteiger partial charge in [0.2, 0.25) is 0 Å². The van der Waals surface area contributed by atoms with Gasteiger partial charge in [-0.05, 0) is 66.0 Å². The summed E-state index contributed by atoms with van der Waals surface area (Å²) in [4.78, 5) is 0. The maximum atomic E-state index is 10.0. The number of phenolic OH excluding ortho intramolecular Hbond substituents is 1. The second-order valence-electron chi connectivity index (χ2n) is 4.91. The maximum absolute atomic E-state index is 10.0. The number of hydrogen-bond acceptors (Lipinski definition) is 2. The summed E-state index contributed by atoms with van der Waals surface area (Å²) in [5.74, 6) is 0.337. The number of hydrogen-bond donors (Lipinski definition) is 2. The van der Waals surface area contributed by atoms with Crippen LogP contribution in [0, 0.1) is 13.8 Å². The zero-order valence-corrected chi connectivity index (χ0v) is 13.0. The highest BCUT2D eigenvalue weighted by Gasteiger charge is 2.11. The van der Waals surface area contributed by atoms with E-state index < -0.39 is 0 Å². The zero-order chi connectivity index (χ0) is 14.0. The summed E-state index contributed by atoms with van der Waals surface area (Å²) in [5, 5.41) is 13.4. The highest BCUT2D eigenvalue weighted by molar-refractivity contribution is 9.10. The van der Waals surface area contributed by atoms with Crippen LogP contribution in [0.2, 0.25) is 0 Å². The number of aromatic hydroxyl groups is 1. The Labute approximate surface area is 122 Å². The monoisotopic (exact) mass is 319 g/mol. The molecule has 0 spiro atoms. The molecule has 2 aromatic rings. The molecule has 0 heterocycles. The van der Waals surface area contributed by atoms with Gasteiger partial charge < -0.3 is 10.4 Å². The van der Waals surface area contributed by atoms with Gasteiger partial charge in [0.1, 0.15) is 5.75 Å². The average Bonchev–Trinajstić information content (AvgIpc) is 2.33. The molecule has 0 aliphatic heterocycles. The van der Waals surface area contributed by atoms with Gasteiger partial charge in [-0.3, -0.25) is 0 Å². The second-order valence-corrected chi connectivity index (χ2v) is 5.77. The number of anilines is 1. The standard InChI is InChI=1S/C16H18BrNO/c1-10-5-7-14(17)15(8-10)18-12(3)13-6-4-11(2)9-16(13)19/h4-9,12,18-19H,1-3H3. The molecule has 1 unspecified atom stereocenters. The lowest BCUT2D eigenvalue weighted by Crippen LogP contribution is -2.07. The Kier molecular flexibility index (Phi) is 4.15. The molecule has 2 rings (SSSR count). The summed E-state index contributed by atoms with van der Waals surface area (Å²) in [6.45, 7) is 6.07. The van der Waals surface area contributed by atoms with Gasteiger partial charge in [0.05, 0.1) is 6.04 Å². The fourth-order valence-corrected chi connectivity index (χ4v) is 2.44. The van der Waals surface area contributed by atoms with Crippen LogP contribution in [0.4, 0.5) is 5.69 Å². The summed E-state index contributed by atoms with van der Waals surface area (Å²) < 4.78 is 1.02. The van der Waals surface area contributed by atoms with Crippen molar-refractivity contribution in [3.63, 3.8) is 0 Å². The highest BCUT2D eigenvalue weighted by atomic mass is 79.9. The third kappa shape index (κ3) is 3.29. The van der Waals surface area contributed by atoms with Crippen molar-refractivity contribution in [3.05, 3.63) is 57.6 Å². The van der Waals surface area contributed by atoms with Crippen molar-refractivity contribution in [1.29, 1.82) is 0 Å². The van der Waals surface area contributed by atoms with Crippen molar-refractivity contribution >= 4 is 21.6 Å². The molecule has 2 N–H and O–H groups in total. The minimum Gasteiger partial charge on any atom is -0.508 e. The Hall–Kier alpha value is -1.48. The third-order valence-electron chi connectivity index (χ3n) is 3.15. The molecule has 100 valence electrons. The van der Waals surface area contributed by atoms with E-state index in [-0.39, 0.29) is 6.04 Å². The van der Waals surface area contributed by atoms with Crippen molar-refractivity contribution in [2.24, 2.45) is 0 Å². The number of aryl methyl sites for hydroxylation is 2. The molecular weight excluding hydrogens is 302 g/mol. The van der Waals surface area contributed by atoms with Crippen LogP contribution in [0.15, 0.2) is 40.9 Å². The molecular formula is C16H18BrNO. The Bertz CT molecular complexity index is 595. The lowest BCUT2D eigenvalue weighted by Gasteiger charge is -2.18. The van der Waals surface area contributed by atoms with Crippen molar-refractivity contribution in [2.45, 2.75) is 26.8 Å². The molecule has 0 aliphatic rings. The summed E-state index contributed by atoms with van der Waals surface area (Å²) in [7, 11) is 0. The van der Waals surface area contributed by atoms with E-state index in [0.717, 1.165) is 21.3 Å². The van der Waals surface area contributed by atoms with E-state index >= 15 is 0 Å². The molecule has 1 atom stereocenters. The Morgan fingerprint density at radius 2 is 1.68 bits per heavy atom. The molecule has 0 saturated heterocycles. The van der Waals surface area contributed by atoms with Gasteiger partial charge in [-0.15, -0.1) is 0 Å². The van der Waals surface area contributed by atoms with Crippen LogP contribution in [0.1, 0.15) is 29.7 Å². The number of rotatable bonds is 3. The molecule has 0 aliphatic carbocycles. The Morgan fingerprint density at radius 3 is 2.37 bits per heavy atom. The molecule has 0 fully saturated rings. The Balaban J connectivity index is 2.25. The van der Waals surface area contributed by atoms with E-state index in [2.05, 4.69) is 40.3 Å². The molecule has 0 saturated carbocycles. The molecule has 0 radical (unpaired) electrons. The van der Waals surface area contributed by atoms with Crippen LogP contribution >= 0.6 is 15.9 Å². The van der Waals surface area contributed by atoms with Crippen LogP contribution < -0.4 is 5.32 Å². The fourth-order valence-electron chi connectivity index (χ4n) is 2.08. The van der Waals surface area contributed by atoms with Gasteiger partial charge in [0, 0.05) is 15.7 Å². The third-order valence-corrected chi connectivity index (χ3v) is 3.84.